The monoisotopic (exact) mass is 287 g/mol. The molecule has 1 unspecified atom stereocenters. The first-order valence-corrected chi connectivity index (χ1v) is 6.88. The predicted octanol–water partition coefficient (Wildman–Crippen LogP) is 2.31. The zero-order chi connectivity index (χ0) is 14.8. The van der Waals surface area contributed by atoms with Gasteiger partial charge in [0.1, 0.15) is 6.61 Å². The summed E-state index contributed by atoms with van der Waals surface area (Å²) in [5.41, 5.74) is 0.969. The zero-order valence-electron chi connectivity index (χ0n) is 11.9. The van der Waals surface area contributed by atoms with Gasteiger partial charge in [0.05, 0.1) is 0 Å². The van der Waals surface area contributed by atoms with Gasteiger partial charge in [0.25, 0.3) is 5.91 Å². The van der Waals surface area contributed by atoms with Crippen LogP contribution < -0.4 is 14.8 Å². The van der Waals surface area contributed by atoms with E-state index in [1.54, 1.807) is 6.07 Å². The van der Waals surface area contributed by atoms with Gasteiger partial charge >= 0.3 is 0 Å². The second-order valence-electron chi connectivity index (χ2n) is 5.22. The molecule has 0 bridgehead atoms. The lowest BCUT2D eigenvalue weighted by atomic mass is 10.1. The van der Waals surface area contributed by atoms with Gasteiger partial charge in [0.2, 0.25) is 6.10 Å². The van der Waals surface area contributed by atoms with Crippen molar-refractivity contribution in [1.29, 1.82) is 0 Å². The summed E-state index contributed by atoms with van der Waals surface area (Å²) in [4.78, 5) is 12.2. The molecule has 21 heavy (non-hydrogen) atoms. The second-order valence-corrected chi connectivity index (χ2v) is 5.22. The van der Waals surface area contributed by atoms with Crippen LogP contribution in [-0.4, -0.2) is 28.8 Å². The quantitative estimate of drug-likeness (QED) is 0.908. The number of hydrogen-bond donors (Lipinski definition) is 2. The van der Waals surface area contributed by atoms with E-state index in [4.69, 9.17) is 9.47 Å². The van der Waals surface area contributed by atoms with Crippen molar-refractivity contribution in [2.45, 2.75) is 25.9 Å². The number of carbonyl (C=O) groups excluding carboxylic acids is 1. The molecule has 0 radical (unpaired) electrons. The molecule has 0 saturated carbocycles. The number of fused-ring (bicyclic) bond motifs is 1. The number of H-pyrrole nitrogens is 1. The van der Waals surface area contributed by atoms with Gasteiger partial charge in [-0.25, -0.2) is 0 Å². The van der Waals surface area contributed by atoms with Gasteiger partial charge in [-0.05, 0) is 18.1 Å². The molecule has 1 aliphatic heterocycles. The Morgan fingerprint density at radius 3 is 2.86 bits per heavy atom. The number of nitrogens with one attached hydrogen (secondary N) is 2. The summed E-state index contributed by atoms with van der Waals surface area (Å²) in [6.07, 6.45) is -0.681. The molecule has 3 rings (SSSR count). The van der Waals surface area contributed by atoms with Crippen LogP contribution in [-0.2, 0) is 4.79 Å². The smallest absolute Gasteiger partial charge is 0.270 e. The lowest BCUT2D eigenvalue weighted by Crippen LogP contribution is -2.40. The van der Waals surface area contributed by atoms with Crippen molar-refractivity contribution >= 4 is 11.7 Å². The van der Waals surface area contributed by atoms with E-state index in [1.165, 1.54) is 0 Å². The van der Waals surface area contributed by atoms with Crippen LogP contribution in [0.5, 0.6) is 11.5 Å². The summed E-state index contributed by atoms with van der Waals surface area (Å²) in [7, 11) is 0. The van der Waals surface area contributed by atoms with E-state index >= 15 is 0 Å². The Labute approximate surface area is 122 Å². The van der Waals surface area contributed by atoms with Crippen LogP contribution in [0.1, 0.15) is 25.5 Å². The molecule has 6 heteroatoms. The van der Waals surface area contributed by atoms with Crippen molar-refractivity contribution in [3.8, 4) is 11.5 Å². The Balaban J connectivity index is 1.66. The zero-order valence-corrected chi connectivity index (χ0v) is 11.9. The molecular formula is C15H17N3O3. The highest BCUT2D eigenvalue weighted by Gasteiger charge is 2.27. The summed E-state index contributed by atoms with van der Waals surface area (Å²) in [6, 6.07) is 9.11. The average molecular weight is 287 g/mol. The van der Waals surface area contributed by atoms with Crippen LogP contribution in [0.25, 0.3) is 0 Å². The summed E-state index contributed by atoms with van der Waals surface area (Å²) >= 11 is 0. The molecule has 0 fully saturated rings. The van der Waals surface area contributed by atoms with Gasteiger partial charge in [-0.3, -0.25) is 9.89 Å². The fourth-order valence-electron chi connectivity index (χ4n) is 2.05. The van der Waals surface area contributed by atoms with Crippen molar-refractivity contribution in [3.63, 3.8) is 0 Å². The second kappa shape index (κ2) is 5.47. The average Bonchev–Trinajstić information content (AvgIpc) is 2.95. The lowest BCUT2D eigenvalue weighted by molar-refractivity contribution is -0.125. The molecule has 2 aromatic rings. The van der Waals surface area contributed by atoms with Crippen molar-refractivity contribution in [1.82, 2.24) is 10.2 Å². The highest BCUT2D eigenvalue weighted by Crippen LogP contribution is 2.31. The predicted molar refractivity (Wildman–Crippen MR) is 77.7 cm³/mol. The number of rotatable bonds is 3. The minimum absolute atomic E-state index is 0.185. The molecule has 0 saturated heterocycles. The standard InChI is InChI=1S/C15H17N3O3/c1-9(2)10-7-14(18-17-10)16-15(19)13-8-20-11-5-3-4-6-12(11)21-13/h3-7,9,13H,8H2,1-2H3,(H2,16,17,18,19). The van der Waals surface area contributed by atoms with Crippen LogP contribution in [0.15, 0.2) is 30.3 Å². The number of carbonyl (C=O) groups is 1. The maximum Gasteiger partial charge on any atom is 0.270 e. The Kier molecular flexibility index (Phi) is 3.51. The highest BCUT2D eigenvalue weighted by molar-refractivity contribution is 5.94. The van der Waals surface area contributed by atoms with Gasteiger partial charge in [-0.1, -0.05) is 26.0 Å². The molecule has 1 atom stereocenters. The third kappa shape index (κ3) is 2.84. The van der Waals surface area contributed by atoms with Crippen LogP contribution in [0.3, 0.4) is 0 Å². The molecule has 1 aromatic heterocycles. The van der Waals surface area contributed by atoms with Crippen LogP contribution in [0, 0.1) is 0 Å². The lowest BCUT2D eigenvalue weighted by Gasteiger charge is -2.25. The fourth-order valence-corrected chi connectivity index (χ4v) is 2.05. The summed E-state index contributed by atoms with van der Waals surface area (Å²) in [5.74, 6) is 1.78. The molecule has 110 valence electrons. The number of anilines is 1. The fraction of sp³-hybridized carbons (Fsp3) is 0.333. The number of aromatic amines is 1. The number of aromatic nitrogens is 2. The molecule has 0 spiro atoms. The largest absolute Gasteiger partial charge is 0.485 e. The number of hydrogen-bond acceptors (Lipinski definition) is 4. The minimum Gasteiger partial charge on any atom is -0.485 e. The Hall–Kier alpha value is -2.50. The van der Waals surface area contributed by atoms with Gasteiger partial charge < -0.3 is 14.8 Å². The van der Waals surface area contributed by atoms with E-state index < -0.39 is 6.10 Å². The Morgan fingerprint density at radius 2 is 2.14 bits per heavy atom. The van der Waals surface area contributed by atoms with Crippen molar-refractivity contribution < 1.29 is 14.3 Å². The Bertz CT molecular complexity index is 651. The minimum atomic E-state index is -0.681. The number of nitrogens with zero attached hydrogens (tertiary/aromatic N) is 1. The molecule has 2 heterocycles. The molecule has 6 nitrogen and oxygen atoms in total. The first-order chi connectivity index (χ1) is 10.1. The first kappa shape index (κ1) is 13.5. The van der Waals surface area contributed by atoms with Crippen molar-refractivity contribution in [2.75, 3.05) is 11.9 Å². The number of para-hydroxylation sites is 2. The molecule has 2 N–H and O–H groups in total. The van der Waals surface area contributed by atoms with E-state index in [9.17, 15) is 4.79 Å². The number of ether oxygens (including phenoxy) is 2. The third-order valence-corrected chi connectivity index (χ3v) is 3.27. The molecule has 1 aromatic carbocycles. The summed E-state index contributed by atoms with van der Waals surface area (Å²) < 4.78 is 11.2. The van der Waals surface area contributed by atoms with Gasteiger partial charge in [-0.2, -0.15) is 5.10 Å². The maximum absolute atomic E-state index is 12.2. The number of amides is 1. The van der Waals surface area contributed by atoms with Crippen LogP contribution in [0.2, 0.25) is 0 Å². The van der Waals surface area contributed by atoms with E-state index in [0.29, 0.717) is 23.2 Å². The van der Waals surface area contributed by atoms with Crippen molar-refractivity contribution in [3.05, 3.63) is 36.0 Å². The normalized spacial score (nSPS) is 16.8. The third-order valence-electron chi connectivity index (χ3n) is 3.27. The summed E-state index contributed by atoms with van der Waals surface area (Å²) in [5, 5.41) is 9.69. The van der Waals surface area contributed by atoms with E-state index in [0.717, 1.165) is 5.69 Å². The van der Waals surface area contributed by atoms with E-state index in [-0.39, 0.29) is 12.5 Å². The molecule has 1 aliphatic rings. The van der Waals surface area contributed by atoms with Gasteiger partial charge in [0, 0.05) is 11.8 Å². The van der Waals surface area contributed by atoms with Gasteiger partial charge in [0.15, 0.2) is 17.3 Å². The van der Waals surface area contributed by atoms with Crippen molar-refractivity contribution in [2.24, 2.45) is 0 Å². The SMILES string of the molecule is CC(C)c1cc(NC(=O)C2COc3ccccc3O2)n[nH]1. The molecule has 1 amide bonds. The van der Waals surface area contributed by atoms with E-state index in [1.807, 2.05) is 38.1 Å². The molecular weight excluding hydrogens is 270 g/mol. The first-order valence-electron chi connectivity index (χ1n) is 6.88. The van der Waals surface area contributed by atoms with E-state index in [2.05, 4.69) is 15.5 Å². The number of benzene rings is 1. The Morgan fingerprint density at radius 1 is 1.38 bits per heavy atom. The molecule has 0 aliphatic carbocycles. The maximum atomic E-state index is 12.2. The topological polar surface area (TPSA) is 76.2 Å². The summed E-state index contributed by atoms with van der Waals surface area (Å²) in [6.45, 7) is 4.28. The van der Waals surface area contributed by atoms with Crippen LogP contribution >= 0.6 is 0 Å². The highest BCUT2D eigenvalue weighted by atomic mass is 16.6. The van der Waals surface area contributed by atoms with Gasteiger partial charge in [-0.15, -0.1) is 0 Å². The van der Waals surface area contributed by atoms with Crippen LogP contribution in [0.4, 0.5) is 5.82 Å².